The highest BCUT2D eigenvalue weighted by Gasteiger charge is 2.23. The molecule has 0 unspecified atom stereocenters. The van der Waals surface area contributed by atoms with Crippen molar-refractivity contribution in [3.63, 3.8) is 0 Å². The van der Waals surface area contributed by atoms with Crippen LogP contribution in [0.15, 0.2) is 78.1 Å². The third kappa shape index (κ3) is 8.29. The van der Waals surface area contributed by atoms with Crippen LogP contribution in [0, 0.1) is 0 Å². The number of aromatic nitrogens is 3. The molecule has 0 spiro atoms. The van der Waals surface area contributed by atoms with Crippen molar-refractivity contribution in [2.24, 2.45) is 0 Å². The van der Waals surface area contributed by atoms with Crippen LogP contribution < -0.4 is 16.0 Å². The van der Waals surface area contributed by atoms with Crippen molar-refractivity contribution in [1.82, 2.24) is 14.5 Å². The molecule has 2 aromatic heterocycles. The smallest absolute Gasteiger partial charge is 0.323 e. The van der Waals surface area contributed by atoms with E-state index in [4.69, 9.17) is 9.72 Å². The Morgan fingerprint density at radius 2 is 1.71 bits per heavy atom. The van der Waals surface area contributed by atoms with Gasteiger partial charge in [-0.05, 0) is 42.6 Å². The van der Waals surface area contributed by atoms with Crippen molar-refractivity contribution in [1.29, 1.82) is 0 Å². The van der Waals surface area contributed by atoms with E-state index < -0.39 is 8.07 Å². The number of thioether (sulfide) groups is 1. The molecule has 0 bridgehead atoms. The van der Waals surface area contributed by atoms with E-state index in [1.165, 1.54) is 18.7 Å². The predicted octanol–water partition coefficient (Wildman–Crippen LogP) is 7.25. The van der Waals surface area contributed by atoms with Gasteiger partial charge in [-0.15, -0.1) is 0 Å². The molecule has 4 aromatic rings. The molecule has 2 aromatic carbocycles. The van der Waals surface area contributed by atoms with E-state index >= 15 is 0 Å². The van der Waals surface area contributed by atoms with Crippen LogP contribution in [0.25, 0.3) is 22.5 Å². The minimum absolute atomic E-state index is 0.207. The second-order valence-electron chi connectivity index (χ2n) is 10.7. The molecule has 0 aliphatic rings. The predicted molar refractivity (Wildman–Crippen MR) is 170 cm³/mol. The van der Waals surface area contributed by atoms with Crippen LogP contribution >= 0.6 is 11.8 Å². The lowest BCUT2D eigenvalue weighted by molar-refractivity contribution is -0.114. The zero-order chi connectivity index (χ0) is 29.4. The van der Waals surface area contributed by atoms with Gasteiger partial charge in [0.15, 0.2) is 5.16 Å². The molecule has 41 heavy (non-hydrogen) atoms. The summed E-state index contributed by atoms with van der Waals surface area (Å²) in [6.45, 7) is 9.38. The quantitative estimate of drug-likeness (QED) is 0.0967. The number of hydrogen-bond donors (Lipinski definition) is 3. The van der Waals surface area contributed by atoms with Gasteiger partial charge in [0.25, 0.3) is 0 Å². The lowest BCUT2D eigenvalue weighted by Crippen LogP contribution is -2.22. The normalized spacial score (nSPS) is 11.2. The first-order chi connectivity index (χ1) is 19.6. The number of urea groups is 1. The van der Waals surface area contributed by atoms with E-state index in [9.17, 15) is 9.59 Å². The first kappa shape index (κ1) is 30.0. The summed E-state index contributed by atoms with van der Waals surface area (Å²) >= 11 is 1.52. The number of benzene rings is 2. The number of rotatable bonds is 11. The van der Waals surface area contributed by atoms with Crippen LogP contribution in [-0.2, 0) is 16.3 Å². The Bertz CT molecular complexity index is 1500. The Kier molecular flexibility index (Phi) is 9.98. The van der Waals surface area contributed by atoms with Gasteiger partial charge in [-0.2, -0.15) is 0 Å². The molecule has 9 nitrogen and oxygen atoms in total. The molecule has 0 radical (unpaired) electrons. The molecule has 0 aliphatic heterocycles. The number of pyridine rings is 1. The molecule has 0 saturated carbocycles. The fourth-order valence-corrected chi connectivity index (χ4v) is 5.46. The Morgan fingerprint density at radius 1 is 0.976 bits per heavy atom. The maximum absolute atomic E-state index is 12.9. The third-order valence-corrected chi connectivity index (χ3v) is 8.51. The number of nitrogens with zero attached hydrogens (tertiary/aromatic N) is 3. The summed E-state index contributed by atoms with van der Waals surface area (Å²) < 4.78 is 8.22. The summed E-state index contributed by atoms with van der Waals surface area (Å²) in [5, 5.41) is 9.39. The highest BCUT2D eigenvalue weighted by molar-refractivity contribution is 7.98. The molecule has 0 atom stereocenters. The molecule has 3 N–H and O–H groups in total. The van der Waals surface area contributed by atoms with Gasteiger partial charge >= 0.3 is 6.03 Å². The number of hydrogen-bond acceptors (Lipinski definition) is 6. The van der Waals surface area contributed by atoms with E-state index in [-0.39, 0.29) is 11.9 Å². The summed E-state index contributed by atoms with van der Waals surface area (Å²) in [6.07, 6.45) is 3.63. The van der Waals surface area contributed by atoms with Crippen LogP contribution in [0.2, 0.25) is 25.7 Å². The summed E-state index contributed by atoms with van der Waals surface area (Å²) in [5.74, 6) is 0.231. The fourth-order valence-electron chi connectivity index (χ4n) is 4.15. The SMILES string of the molecule is CSc1nc(-c2ccccc2NC(=O)Nc2ccccc2)c(-c2ccnc(NC(C)=O)c2)n1COCC[Si](C)(C)C. The van der Waals surface area contributed by atoms with Crippen LogP contribution in [0.1, 0.15) is 6.92 Å². The topological polar surface area (TPSA) is 110 Å². The van der Waals surface area contributed by atoms with Gasteiger partial charge in [0.2, 0.25) is 5.91 Å². The largest absolute Gasteiger partial charge is 0.361 e. The zero-order valence-corrected chi connectivity index (χ0v) is 25.8. The van der Waals surface area contributed by atoms with Gasteiger partial charge in [-0.3, -0.25) is 9.36 Å². The second kappa shape index (κ2) is 13.6. The Hall–Kier alpha value is -3.93. The minimum Gasteiger partial charge on any atom is -0.361 e. The maximum atomic E-state index is 12.9. The molecule has 214 valence electrons. The van der Waals surface area contributed by atoms with Gasteiger partial charge in [-0.25, -0.2) is 14.8 Å². The molecular weight excluding hydrogens is 553 g/mol. The average Bonchev–Trinajstić information content (AvgIpc) is 3.29. The van der Waals surface area contributed by atoms with Crippen molar-refractivity contribution >= 4 is 49.0 Å². The first-order valence-electron chi connectivity index (χ1n) is 13.3. The van der Waals surface area contributed by atoms with E-state index in [1.807, 2.05) is 77.6 Å². The van der Waals surface area contributed by atoms with Gasteiger partial charge in [-0.1, -0.05) is 67.8 Å². The van der Waals surface area contributed by atoms with Crippen LogP contribution in [0.4, 0.5) is 22.0 Å². The molecule has 4 rings (SSSR count). The second-order valence-corrected chi connectivity index (χ2v) is 17.1. The molecular formula is C30H36N6O3SSi. The number of amides is 3. The third-order valence-electron chi connectivity index (χ3n) is 6.13. The van der Waals surface area contributed by atoms with Crippen molar-refractivity contribution in [2.45, 2.75) is 44.5 Å². The number of para-hydroxylation sites is 2. The van der Waals surface area contributed by atoms with Gasteiger partial charge in [0, 0.05) is 44.6 Å². The lowest BCUT2D eigenvalue weighted by Gasteiger charge is -2.18. The van der Waals surface area contributed by atoms with E-state index in [0.29, 0.717) is 36.2 Å². The van der Waals surface area contributed by atoms with Crippen molar-refractivity contribution in [3.8, 4) is 22.5 Å². The summed E-state index contributed by atoms with van der Waals surface area (Å²) in [6, 6.07) is 21.2. The van der Waals surface area contributed by atoms with Crippen LogP contribution in [0.5, 0.6) is 0 Å². The number of ether oxygens (including phenoxy) is 1. The monoisotopic (exact) mass is 588 g/mol. The number of anilines is 3. The fraction of sp³-hybridized carbons (Fsp3) is 0.267. The molecule has 0 fully saturated rings. The minimum atomic E-state index is -1.27. The highest BCUT2D eigenvalue weighted by atomic mass is 32.2. The molecule has 0 aliphatic carbocycles. The van der Waals surface area contributed by atoms with E-state index in [2.05, 4.69) is 40.6 Å². The van der Waals surface area contributed by atoms with E-state index in [0.717, 1.165) is 28.0 Å². The Balaban J connectivity index is 1.76. The van der Waals surface area contributed by atoms with Crippen molar-refractivity contribution in [2.75, 3.05) is 28.8 Å². The van der Waals surface area contributed by atoms with E-state index in [1.54, 1.807) is 6.20 Å². The summed E-state index contributed by atoms with van der Waals surface area (Å²) in [4.78, 5) is 34.0. The number of carbonyl (C=O) groups excluding carboxylic acids is 2. The standard InChI is InChI=1S/C30H36N6O3SSi/c1-21(37)32-26-19-22(15-16-31-26)28-27(35-30(40-2)36(28)20-39-17-18-41(3,4)5)24-13-9-10-14-25(24)34-29(38)33-23-11-7-6-8-12-23/h6-16,19H,17-18,20H2,1-5H3,(H,31,32,37)(H2,33,34,38). The summed E-state index contributed by atoms with van der Waals surface area (Å²) in [5.41, 5.74) is 4.33. The highest BCUT2D eigenvalue weighted by Crippen LogP contribution is 2.39. The van der Waals surface area contributed by atoms with Gasteiger partial charge in [0.1, 0.15) is 12.5 Å². The average molecular weight is 589 g/mol. The Morgan fingerprint density at radius 3 is 2.41 bits per heavy atom. The van der Waals surface area contributed by atoms with Crippen molar-refractivity contribution < 1.29 is 14.3 Å². The zero-order valence-electron chi connectivity index (χ0n) is 24.0. The van der Waals surface area contributed by atoms with Crippen LogP contribution in [0.3, 0.4) is 0 Å². The summed E-state index contributed by atoms with van der Waals surface area (Å²) in [7, 11) is -1.27. The molecule has 11 heteroatoms. The first-order valence-corrected chi connectivity index (χ1v) is 18.3. The van der Waals surface area contributed by atoms with Gasteiger partial charge in [0.05, 0.1) is 17.1 Å². The van der Waals surface area contributed by atoms with Gasteiger partial charge < -0.3 is 20.7 Å². The van der Waals surface area contributed by atoms with Crippen molar-refractivity contribution in [3.05, 3.63) is 72.9 Å². The number of imidazole rings is 1. The number of nitrogens with one attached hydrogen (secondary N) is 3. The molecule has 2 heterocycles. The maximum Gasteiger partial charge on any atom is 0.323 e. The van der Waals surface area contributed by atoms with Crippen LogP contribution in [-0.4, -0.2) is 47.4 Å². The molecule has 3 amide bonds. The number of carbonyl (C=O) groups is 2. The lowest BCUT2D eigenvalue weighted by atomic mass is 10.0. The molecule has 0 saturated heterocycles. The Labute approximate surface area is 246 Å².